The molecule has 2 aliphatic rings. The van der Waals surface area contributed by atoms with E-state index in [1.54, 1.807) is 27.7 Å². The quantitative estimate of drug-likeness (QED) is 0.229. The maximum absolute atomic E-state index is 9.89. The van der Waals surface area contributed by atoms with Gasteiger partial charge >= 0.3 is 15.2 Å². The van der Waals surface area contributed by atoms with Gasteiger partial charge in [-0.1, -0.05) is 0 Å². The smallest absolute Gasteiger partial charge is 0.398 e. The average molecular weight is 586 g/mol. The van der Waals surface area contributed by atoms with Crippen LogP contribution in [0, 0.1) is 0 Å². The molecule has 3 rings (SSSR count). The molecule has 0 aliphatic carbocycles. The summed E-state index contributed by atoms with van der Waals surface area (Å²) in [5.41, 5.74) is -0.0206. The molecule has 1 aromatic heterocycles. The van der Waals surface area contributed by atoms with Gasteiger partial charge in [0.25, 0.3) is 0 Å². The molecule has 2 fully saturated rings. The highest BCUT2D eigenvalue weighted by molar-refractivity contribution is 14.1. The Morgan fingerprint density at radius 3 is 1.53 bits per heavy atom. The minimum atomic E-state index is -0.257. The van der Waals surface area contributed by atoms with Gasteiger partial charge in [0.15, 0.2) is 0 Å². The first-order valence-corrected chi connectivity index (χ1v) is 13.0. The Morgan fingerprint density at radius 1 is 0.824 bits per heavy atom. The lowest BCUT2D eigenvalue weighted by Gasteiger charge is -2.47. The number of halogens is 1. The highest BCUT2D eigenvalue weighted by atomic mass is 127. The van der Waals surface area contributed by atoms with Gasteiger partial charge in [-0.3, -0.25) is 0 Å². The third-order valence-corrected chi connectivity index (χ3v) is 6.61. The monoisotopic (exact) mass is 586 g/mol. The minimum Gasteiger partial charge on any atom is -0.436 e. The van der Waals surface area contributed by atoms with Crippen molar-refractivity contribution < 1.29 is 8.01 Å². The second kappa shape index (κ2) is 10.2. The summed E-state index contributed by atoms with van der Waals surface area (Å²) in [5.74, 6) is 1.38. The predicted octanol–water partition coefficient (Wildman–Crippen LogP) is 2.01. The molecule has 1 aromatic rings. The van der Waals surface area contributed by atoms with Crippen molar-refractivity contribution in [2.75, 3.05) is 15.4 Å². The fourth-order valence-electron chi connectivity index (χ4n) is 6.07. The summed E-state index contributed by atoms with van der Waals surface area (Å²) < 4.78 is 6.78. The number of nitrogens with zero attached hydrogens (tertiary/aromatic N) is 4. The molecular formula is C21H41B2IN8O2. The van der Waals surface area contributed by atoms with E-state index in [2.05, 4.69) is 86.6 Å². The predicted molar refractivity (Wildman–Crippen MR) is 150 cm³/mol. The Bertz CT molecular complexity index is 768. The lowest BCUT2D eigenvalue weighted by molar-refractivity contribution is 0.170. The first-order valence-electron chi connectivity index (χ1n) is 12.1. The third kappa shape index (κ3) is 7.81. The molecule has 0 spiro atoms. The first-order chi connectivity index (χ1) is 15.6. The van der Waals surface area contributed by atoms with E-state index in [0.717, 1.165) is 25.7 Å². The van der Waals surface area contributed by atoms with Crippen LogP contribution in [0.2, 0.25) is 0 Å². The van der Waals surface area contributed by atoms with E-state index in [1.807, 2.05) is 0 Å². The van der Waals surface area contributed by atoms with Gasteiger partial charge in [-0.2, -0.15) is 15.0 Å². The lowest BCUT2D eigenvalue weighted by Crippen LogP contribution is -2.60. The van der Waals surface area contributed by atoms with E-state index < -0.39 is 0 Å². The van der Waals surface area contributed by atoms with Crippen LogP contribution in [0.4, 0.5) is 17.8 Å². The fraction of sp³-hybridized carbons (Fsp3) is 0.857. The van der Waals surface area contributed by atoms with Gasteiger partial charge in [-0.05, 0) is 81.1 Å². The number of nitrogens with one attached hydrogen (secondary N) is 4. The van der Waals surface area contributed by atoms with Crippen molar-refractivity contribution in [2.24, 2.45) is 0 Å². The normalized spacial score (nSPS) is 23.7. The second-order valence-electron chi connectivity index (χ2n) is 12.5. The number of piperidine rings is 2. The summed E-state index contributed by atoms with van der Waals surface area (Å²) in [6.07, 6.45) is 3.77. The van der Waals surface area contributed by atoms with Crippen molar-refractivity contribution in [3.05, 3.63) is 0 Å². The van der Waals surface area contributed by atoms with Crippen molar-refractivity contribution in [2.45, 2.75) is 115 Å². The average Bonchev–Trinajstić information content (AvgIpc) is 2.60. The van der Waals surface area contributed by atoms with Crippen molar-refractivity contribution in [1.29, 1.82) is 0 Å². The molecule has 0 aromatic carbocycles. The molecule has 0 atom stereocenters. The van der Waals surface area contributed by atoms with E-state index in [0.29, 0.717) is 17.8 Å². The standard InChI is InChI=1S/C21H41B2IN8O2/c1-18(2)9-13(10-19(3,4)30-18)25-15-27-16(29-17(28-15)32(22-33)23-34-24)26-14-11-20(5,6)31-21(7,8)12-14/h13-14,22-23,30-31,33H,9-12H2,1-8H3,(H2,25,26,27,28,29). The molecule has 34 heavy (non-hydrogen) atoms. The van der Waals surface area contributed by atoms with Crippen LogP contribution in [0.3, 0.4) is 0 Å². The van der Waals surface area contributed by atoms with Crippen molar-refractivity contribution in [3.8, 4) is 0 Å². The van der Waals surface area contributed by atoms with Gasteiger partial charge in [0.2, 0.25) is 17.8 Å². The van der Waals surface area contributed by atoms with Crippen LogP contribution in [0.5, 0.6) is 0 Å². The molecule has 0 bridgehead atoms. The maximum Gasteiger partial charge on any atom is 0.398 e. The van der Waals surface area contributed by atoms with E-state index in [-0.39, 0.29) is 49.5 Å². The number of hydrogen-bond donors (Lipinski definition) is 5. The highest BCUT2D eigenvalue weighted by Crippen LogP contribution is 2.32. The fourth-order valence-corrected chi connectivity index (χ4v) is 6.41. The first kappa shape index (κ1) is 27.7. The minimum absolute atomic E-state index is 0.00515. The Hall–Kier alpha value is -0.890. The van der Waals surface area contributed by atoms with E-state index in [4.69, 9.17) is 7.97 Å². The SMILES string of the molecule is CC1(C)CC(Nc2nc(NC3CC(C)(C)NC(C)(C)C3)nc(N(BO)BOI)n2)CC(C)(C)N1. The Balaban J connectivity index is 1.88. The van der Waals surface area contributed by atoms with E-state index in [1.165, 1.54) is 0 Å². The van der Waals surface area contributed by atoms with E-state index >= 15 is 0 Å². The molecule has 5 N–H and O–H groups in total. The van der Waals surface area contributed by atoms with Crippen molar-refractivity contribution >= 4 is 56.1 Å². The van der Waals surface area contributed by atoms with Gasteiger partial charge < -0.3 is 34.0 Å². The molecule has 10 nitrogen and oxygen atoms in total. The second-order valence-corrected chi connectivity index (χ2v) is 13.1. The zero-order valence-electron chi connectivity index (χ0n) is 21.9. The summed E-state index contributed by atoms with van der Waals surface area (Å²) in [6.45, 7) is 17.8. The van der Waals surface area contributed by atoms with Gasteiger partial charge in [-0.15, -0.1) is 0 Å². The van der Waals surface area contributed by atoms with Crippen LogP contribution in [0.15, 0.2) is 0 Å². The Morgan fingerprint density at radius 2 is 1.21 bits per heavy atom. The van der Waals surface area contributed by atoms with Gasteiger partial charge in [0, 0.05) is 34.2 Å². The number of hydrogen-bond acceptors (Lipinski definition) is 10. The maximum atomic E-state index is 9.89. The van der Waals surface area contributed by atoms with Crippen LogP contribution in [0.1, 0.15) is 81.1 Å². The van der Waals surface area contributed by atoms with Crippen molar-refractivity contribution in [3.63, 3.8) is 0 Å². The lowest BCUT2D eigenvalue weighted by atomic mass is 9.79. The summed E-state index contributed by atoms with van der Waals surface area (Å²) in [6, 6.07) is 0.406. The molecule has 0 radical (unpaired) electrons. The summed E-state index contributed by atoms with van der Waals surface area (Å²) >= 11 is 1.80. The molecule has 0 unspecified atom stereocenters. The summed E-state index contributed by atoms with van der Waals surface area (Å²) in [5, 5.41) is 24.4. The van der Waals surface area contributed by atoms with Crippen LogP contribution >= 0.6 is 23.0 Å². The molecular weight excluding hydrogens is 545 g/mol. The summed E-state index contributed by atoms with van der Waals surface area (Å²) in [7, 11) is -0.0898. The van der Waals surface area contributed by atoms with Gasteiger partial charge in [-0.25, -0.2) is 0 Å². The zero-order valence-corrected chi connectivity index (χ0v) is 24.1. The van der Waals surface area contributed by atoms with Crippen LogP contribution in [0.25, 0.3) is 0 Å². The number of anilines is 3. The van der Waals surface area contributed by atoms with Crippen LogP contribution < -0.4 is 26.0 Å². The number of rotatable bonds is 8. The third-order valence-electron chi connectivity index (χ3n) is 6.33. The molecule has 2 saturated heterocycles. The van der Waals surface area contributed by atoms with Crippen LogP contribution in [-0.2, 0) is 2.98 Å². The number of aromatic nitrogens is 3. The largest absolute Gasteiger partial charge is 0.436 e. The van der Waals surface area contributed by atoms with Gasteiger partial charge in [0.05, 0.1) is 23.0 Å². The Kier molecular flexibility index (Phi) is 8.33. The topological polar surface area (TPSA) is 119 Å². The zero-order chi connectivity index (χ0) is 25.4. The van der Waals surface area contributed by atoms with E-state index in [9.17, 15) is 5.02 Å². The molecule has 0 amide bonds. The molecule has 2 aliphatic heterocycles. The molecule has 0 saturated carbocycles. The van der Waals surface area contributed by atoms with Crippen LogP contribution in [-0.4, -0.2) is 69.4 Å². The molecule has 190 valence electrons. The Labute approximate surface area is 219 Å². The van der Waals surface area contributed by atoms with Gasteiger partial charge in [0.1, 0.15) is 0 Å². The molecule has 3 heterocycles. The highest BCUT2D eigenvalue weighted by Gasteiger charge is 2.39. The van der Waals surface area contributed by atoms with Crippen molar-refractivity contribution in [1.82, 2.24) is 25.6 Å². The summed E-state index contributed by atoms with van der Waals surface area (Å²) in [4.78, 5) is 14.0. The molecule has 13 heteroatoms.